The van der Waals surface area contributed by atoms with Crippen LogP contribution < -0.4 is 5.32 Å². The van der Waals surface area contributed by atoms with Gasteiger partial charge in [0, 0.05) is 24.4 Å². The summed E-state index contributed by atoms with van der Waals surface area (Å²) in [4.78, 5) is 42.3. The molecule has 0 radical (unpaired) electrons. The highest BCUT2D eigenvalue weighted by Gasteiger charge is 2.27. The van der Waals surface area contributed by atoms with Crippen LogP contribution in [0.25, 0.3) is 10.9 Å². The first kappa shape index (κ1) is 23.3. The number of H-pyrrole nitrogens is 1. The van der Waals surface area contributed by atoms with E-state index >= 15 is 0 Å². The molecule has 2 aromatic rings. The van der Waals surface area contributed by atoms with Crippen molar-refractivity contribution >= 4 is 46.4 Å². The Balaban J connectivity index is 2.08. The maximum Gasteiger partial charge on any atom is 0.372 e. The third-order valence-electron chi connectivity index (χ3n) is 4.31. The number of halogens is 1. The van der Waals surface area contributed by atoms with Crippen molar-refractivity contribution in [3.8, 4) is 0 Å². The van der Waals surface area contributed by atoms with Gasteiger partial charge >= 0.3 is 12.2 Å². The average molecular weight is 436 g/mol. The topological polar surface area (TPSA) is 146 Å². The molecule has 9 nitrogen and oxygen atoms in total. The molecule has 2 rings (SSSR count). The molecule has 1 aromatic heterocycles. The van der Waals surface area contributed by atoms with Crippen molar-refractivity contribution in [3.63, 3.8) is 0 Å². The third-order valence-corrected chi connectivity index (χ3v) is 4.62. The molecule has 0 saturated heterocycles. The lowest BCUT2D eigenvalue weighted by atomic mass is 10.0. The number of nitrogens with one attached hydrogen (secondary N) is 3. The molecule has 0 fully saturated rings. The number of aromatic nitrogens is 1. The van der Waals surface area contributed by atoms with Gasteiger partial charge in [-0.1, -0.05) is 23.7 Å². The SMILES string of the molecule is CC(C)OC(=O)[C@H](CCC(=O)C=[N+]=N)NC(=O)[C@@H](O)Cc1c[nH]c2c(Cl)cccc12. The van der Waals surface area contributed by atoms with Crippen LogP contribution in [-0.4, -0.2) is 57.0 Å². The second kappa shape index (κ2) is 10.7. The van der Waals surface area contributed by atoms with E-state index in [0.29, 0.717) is 16.1 Å². The maximum absolute atomic E-state index is 12.5. The molecule has 0 aliphatic carbocycles. The first-order valence-corrected chi connectivity index (χ1v) is 9.76. The lowest BCUT2D eigenvalue weighted by molar-refractivity contribution is -0.152. The number of esters is 1. The number of nitrogens with zero attached hydrogens (tertiary/aromatic N) is 1. The number of benzene rings is 1. The molecule has 1 amide bonds. The van der Waals surface area contributed by atoms with E-state index in [-0.39, 0.29) is 19.3 Å². The summed E-state index contributed by atoms with van der Waals surface area (Å²) in [5.74, 6) is -1.93. The van der Waals surface area contributed by atoms with Crippen molar-refractivity contribution < 1.29 is 29.0 Å². The molecule has 0 bridgehead atoms. The minimum absolute atomic E-state index is 0.00253. The van der Waals surface area contributed by atoms with Crippen molar-refractivity contribution in [2.24, 2.45) is 0 Å². The number of aromatic amines is 1. The van der Waals surface area contributed by atoms with Gasteiger partial charge in [-0.05, 0) is 31.9 Å². The average Bonchev–Trinajstić information content (AvgIpc) is 3.08. The standard InChI is InChI=1S/C20H23ClN4O5/c1-11(2)30-20(29)16(7-6-13(26)10-24-22)25-19(28)17(27)8-12-9-23-18-14(12)4-3-5-15(18)21/h3-5,9-11,16-17,22-23,27H,6-8H2,1-2H3/p+1/t16-,17-/m0/s1. The Hall–Kier alpha value is -3.00. The largest absolute Gasteiger partial charge is 0.461 e. The quantitative estimate of drug-likeness (QED) is 0.194. The molecular weight excluding hydrogens is 412 g/mol. The number of amides is 1. The highest BCUT2D eigenvalue weighted by atomic mass is 35.5. The lowest BCUT2D eigenvalue weighted by Gasteiger charge is -2.20. The van der Waals surface area contributed by atoms with Crippen molar-refractivity contribution in [1.29, 1.82) is 5.53 Å². The van der Waals surface area contributed by atoms with Crippen LogP contribution in [0.2, 0.25) is 5.02 Å². The number of rotatable bonds is 10. The number of aliphatic hydroxyl groups is 1. The minimum Gasteiger partial charge on any atom is -0.461 e. The summed E-state index contributed by atoms with van der Waals surface area (Å²) in [7, 11) is 0. The van der Waals surface area contributed by atoms with Crippen LogP contribution in [0.5, 0.6) is 0 Å². The molecule has 4 N–H and O–H groups in total. The Morgan fingerprint density at radius 2 is 2.10 bits per heavy atom. The van der Waals surface area contributed by atoms with E-state index in [0.717, 1.165) is 11.6 Å². The number of carbonyl (C=O) groups excluding carboxylic acids is 3. The van der Waals surface area contributed by atoms with Crippen molar-refractivity contribution in [1.82, 2.24) is 10.3 Å². The summed E-state index contributed by atoms with van der Waals surface area (Å²) < 4.78 is 5.13. The van der Waals surface area contributed by atoms with E-state index in [1.807, 2.05) is 6.07 Å². The van der Waals surface area contributed by atoms with Gasteiger partial charge < -0.3 is 20.1 Å². The Labute approximate surface area is 178 Å². The number of aliphatic hydroxyl groups excluding tert-OH is 1. The number of hydrogen-bond acceptors (Lipinski definition) is 6. The molecule has 2 atom stereocenters. The van der Waals surface area contributed by atoms with E-state index in [1.54, 1.807) is 32.2 Å². The molecule has 0 aliphatic heterocycles. The van der Waals surface area contributed by atoms with E-state index < -0.39 is 35.9 Å². The van der Waals surface area contributed by atoms with Crippen molar-refractivity contribution in [2.75, 3.05) is 0 Å². The van der Waals surface area contributed by atoms with Crippen LogP contribution in [-0.2, 0) is 25.5 Å². The zero-order valence-electron chi connectivity index (χ0n) is 16.6. The minimum atomic E-state index is -1.43. The molecule has 0 spiro atoms. The molecule has 160 valence electrons. The first-order chi connectivity index (χ1) is 14.2. The molecule has 1 heterocycles. The first-order valence-electron chi connectivity index (χ1n) is 9.39. The smallest absolute Gasteiger partial charge is 0.372 e. The number of Topliss-reactive ketones (excluding diaryl/α,β-unsaturated/α-hetero) is 1. The number of fused-ring (bicyclic) bond motifs is 1. The maximum atomic E-state index is 12.5. The summed E-state index contributed by atoms with van der Waals surface area (Å²) in [5, 5.41) is 14.1. The zero-order chi connectivity index (χ0) is 22.3. The molecular formula is C20H24ClN4O5+. The number of carbonyl (C=O) groups is 3. The van der Waals surface area contributed by atoms with Gasteiger partial charge in [-0.15, -0.1) is 0 Å². The molecule has 30 heavy (non-hydrogen) atoms. The van der Waals surface area contributed by atoms with E-state index in [9.17, 15) is 19.5 Å². The van der Waals surface area contributed by atoms with Crippen molar-refractivity contribution in [3.05, 3.63) is 35.0 Å². The highest BCUT2D eigenvalue weighted by Crippen LogP contribution is 2.26. The van der Waals surface area contributed by atoms with Gasteiger partial charge in [0.25, 0.3) is 0 Å². The van der Waals surface area contributed by atoms with E-state index in [1.165, 1.54) is 0 Å². The van der Waals surface area contributed by atoms with Gasteiger partial charge in [-0.2, -0.15) is 0 Å². The van der Waals surface area contributed by atoms with Gasteiger partial charge in [0.05, 0.1) is 27.0 Å². The molecule has 0 aliphatic rings. The van der Waals surface area contributed by atoms with Gasteiger partial charge in [-0.3, -0.25) is 9.59 Å². The van der Waals surface area contributed by atoms with Gasteiger partial charge in [0.2, 0.25) is 11.7 Å². The molecule has 1 aromatic carbocycles. The monoisotopic (exact) mass is 435 g/mol. The normalized spacial score (nSPS) is 12.8. The fourth-order valence-electron chi connectivity index (χ4n) is 2.90. The summed E-state index contributed by atoms with van der Waals surface area (Å²) in [5.41, 5.74) is 8.07. The summed E-state index contributed by atoms with van der Waals surface area (Å²) in [6, 6.07) is 4.20. The summed E-state index contributed by atoms with van der Waals surface area (Å²) in [6.07, 6.45) is 0.490. The predicted molar refractivity (Wildman–Crippen MR) is 109 cm³/mol. The second-order valence-corrected chi connectivity index (χ2v) is 7.41. The number of ketones is 1. The van der Waals surface area contributed by atoms with Crippen LogP contribution in [0.4, 0.5) is 0 Å². The highest BCUT2D eigenvalue weighted by molar-refractivity contribution is 6.35. The van der Waals surface area contributed by atoms with Crippen LogP contribution in [0.1, 0.15) is 32.3 Å². The number of ether oxygens (including phenoxy) is 1. The van der Waals surface area contributed by atoms with Gasteiger partial charge in [0.1, 0.15) is 12.1 Å². The fraction of sp³-hybridized carbons (Fsp3) is 0.400. The summed E-state index contributed by atoms with van der Waals surface area (Å²) >= 11 is 6.12. The van der Waals surface area contributed by atoms with Crippen molar-refractivity contribution in [2.45, 2.75) is 51.4 Å². The van der Waals surface area contributed by atoms with Crippen LogP contribution in [0.3, 0.4) is 0 Å². The summed E-state index contributed by atoms with van der Waals surface area (Å²) in [6.45, 7) is 3.32. The van der Waals surface area contributed by atoms with E-state index in [2.05, 4.69) is 15.1 Å². The Morgan fingerprint density at radius 1 is 1.37 bits per heavy atom. The Morgan fingerprint density at radius 3 is 2.77 bits per heavy atom. The van der Waals surface area contributed by atoms with Crippen LogP contribution >= 0.6 is 11.6 Å². The van der Waals surface area contributed by atoms with Gasteiger partial charge in [0.15, 0.2) is 0 Å². The number of para-hydroxylation sites is 1. The van der Waals surface area contributed by atoms with E-state index in [4.69, 9.17) is 21.9 Å². The molecule has 10 heteroatoms. The Kier molecular flexibility index (Phi) is 8.29. The fourth-order valence-corrected chi connectivity index (χ4v) is 3.13. The number of hydrogen-bond donors (Lipinski definition) is 4. The van der Waals surface area contributed by atoms with Crippen LogP contribution in [0.15, 0.2) is 24.4 Å². The molecule has 0 saturated carbocycles. The second-order valence-electron chi connectivity index (χ2n) is 7.01. The zero-order valence-corrected chi connectivity index (χ0v) is 17.4. The molecule has 0 unspecified atom stereocenters. The van der Waals surface area contributed by atoms with Gasteiger partial charge in [-0.25, -0.2) is 4.79 Å². The van der Waals surface area contributed by atoms with Crippen LogP contribution in [0, 0.1) is 5.53 Å². The predicted octanol–water partition coefficient (Wildman–Crippen LogP) is 1.82. The Bertz CT molecular complexity index is 981. The third kappa shape index (κ3) is 6.25. The lowest BCUT2D eigenvalue weighted by Crippen LogP contribution is -2.47.